The topological polar surface area (TPSA) is 100 Å². The van der Waals surface area contributed by atoms with Crippen LogP contribution in [-0.2, 0) is 4.79 Å². The van der Waals surface area contributed by atoms with Gasteiger partial charge in [-0.25, -0.2) is 5.43 Å². The smallest absolute Gasteiger partial charge is 0.271 e. The van der Waals surface area contributed by atoms with E-state index in [9.17, 15) is 14.7 Å². The monoisotopic (exact) mass is 369 g/mol. The van der Waals surface area contributed by atoms with Crippen molar-refractivity contribution in [1.82, 2.24) is 5.43 Å². The van der Waals surface area contributed by atoms with E-state index < -0.39 is 0 Å². The normalized spacial score (nSPS) is 10.8. The van der Waals surface area contributed by atoms with Gasteiger partial charge in [0.05, 0.1) is 13.3 Å². The molecule has 2 rings (SSSR count). The fourth-order valence-electron chi connectivity index (χ4n) is 2.29. The number of anilines is 1. The Morgan fingerprint density at radius 2 is 1.89 bits per heavy atom. The van der Waals surface area contributed by atoms with Crippen LogP contribution in [0.15, 0.2) is 47.6 Å². The Hall–Kier alpha value is -3.35. The van der Waals surface area contributed by atoms with Crippen LogP contribution >= 0.6 is 0 Å². The van der Waals surface area contributed by atoms with Crippen LogP contribution in [0, 0.1) is 5.92 Å². The minimum absolute atomic E-state index is 0.0271. The minimum Gasteiger partial charge on any atom is -0.504 e. The van der Waals surface area contributed by atoms with Crippen LogP contribution in [0.4, 0.5) is 5.69 Å². The summed E-state index contributed by atoms with van der Waals surface area (Å²) in [7, 11) is 1.45. The highest BCUT2D eigenvalue weighted by molar-refractivity contribution is 5.96. The number of nitrogens with zero attached hydrogens (tertiary/aromatic N) is 1. The highest BCUT2D eigenvalue weighted by Crippen LogP contribution is 2.25. The quantitative estimate of drug-likeness (QED) is 0.515. The van der Waals surface area contributed by atoms with Gasteiger partial charge in [0.2, 0.25) is 5.91 Å². The lowest BCUT2D eigenvalue weighted by atomic mass is 10.1. The van der Waals surface area contributed by atoms with Crippen molar-refractivity contribution >= 4 is 23.7 Å². The molecule has 0 spiro atoms. The summed E-state index contributed by atoms with van der Waals surface area (Å²) in [5.41, 5.74) is 4.14. The van der Waals surface area contributed by atoms with Crippen LogP contribution in [0.5, 0.6) is 11.5 Å². The molecule has 0 aliphatic rings. The van der Waals surface area contributed by atoms with Gasteiger partial charge in [-0.05, 0) is 53.9 Å². The highest BCUT2D eigenvalue weighted by atomic mass is 16.5. The molecule has 0 atom stereocenters. The Labute approximate surface area is 158 Å². The maximum absolute atomic E-state index is 12.1. The summed E-state index contributed by atoms with van der Waals surface area (Å²) in [4.78, 5) is 23.9. The number of benzene rings is 2. The third-order valence-electron chi connectivity index (χ3n) is 3.61. The Kier molecular flexibility index (Phi) is 6.93. The zero-order valence-electron chi connectivity index (χ0n) is 15.5. The first-order valence-corrected chi connectivity index (χ1v) is 8.49. The van der Waals surface area contributed by atoms with Gasteiger partial charge in [0.1, 0.15) is 0 Å². The van der Waals surface area contributed by atoms with Crippen molar-refractivity contribution < 1.29 is 19.4 Å². The third-order valence-corrected chi connectivity index (χ3v) is 3.61. The predicted molar refractivity (Wildman–Crippen MR) is 104 cm³/mol. The first-order chi connectivity index (χ1) is 12.9. The number of ether oxygens (including phenoxy) is 1. The molecule has 2 amide bonds. The number of carbonyl (C=O) groups is 2. The van der Waals surface area contributed by atoms with Gasteiger partial charge < -0.3 is 15.2 Å². The Balaban J connectivity index is 1.93. The lowest BCUT2D eigenvalue weighted by Crippen LogP contribution is -2.18. The number of amides is 2. The Morgan fingerprint density at radius 1 is 1.19 bits per heavy atom. The molecule has 7 heteroatoms. The van der Waals surface area contributed by atoms with Crippen LogP contribution in [-0.4, -0.2) is 30.2 Å². The number of aromatic hydroxyl groups is 1. The molecule has 0 radical (unpaired) electrons. The summed E-state index contributed by atoms with van der Waals surface area (Å²) < 4.78 is 5.01. The van der Waals surface area contributed by atoms with Gasteiger partial charge in [-0.1, -0.05) is 13.8 Å². The van der Waals surface area contributed by atoms with Gasteiger partial charge in [-0.15, -0.1) is 0 Å². The number of carbonyl (C=O) groups excluding carboxylic acids is 2. The summed E-state index contributed by atoms with van der Waals surface area (Å²) in [6, 6.07) is 11.3. The second-order valence-electron chi connectivity index (χ2n) is 6.35. The van der Waals surface area contributed by atoms with E-state index in [1.54, 1.807) is 36.4 Å². The van der Waals surface area contributed by atoms with Crippen molar-refractivity contribution in [3.05, 3.63) is 53.6 Å². The van der Waals surface area contributed by atoms with Gasteiger partial charge in [0.25, 0.3) is 5.91 Å². The number of rotatable bonds is 7. The van der Waals surface area contributed by atoms with Crippen molar-refractivity contribution in [2.75, 3.05) is 12.4 Å². The van der Waals surface area contributed by atoms with E-state index in [2.05, 4.69) is 15.8 Å². The average molecular weight is 369 g/mol. The first kappa shape index (κ1) is 20.0. The van der Waals surface area contributed by atoms with Gasteiger partial charge in [-0.3, -0.25) is 9.59 Å². The molecule has 27 heavy (non-hydrogen) atoms. The van der Waals surface area contributed by atoms with E-state index in [1.807, 2.05) is 13.8 Å². The molecule has 0 bridgehead atoms. The number of hydrogen-bond acceptors (Lipinski definition) is 5. The Morgan fingerprint density at radius 3 is 2.52 bits per heavy atom. The minimum atomic E-state index is -0.378. The molecule has 0 aliphatic heterocycles. The summed E-state index contributed by atoms with van der Waals surface area (Å²) >= 11 is 0. The molecule has 0 saturated carbocycles. The molecular formula is C20H23N3O4. The second kappa shape index (κ2) is 9.38. The number of nitrogens with one attached hydrogen (secondary N) is 2. The molecule has 2 aromatic rings. The largest absolute Gasteiger partial charge is 0.504 e. The predicted octanol–water partition coefficient (Wildman–Crippen LogP) is 3.15. The fourth-order valence-corrected chi connectivity index (χ4v) is 2.29. The van der Waals surface area contributed by atoms with Crippen molar-refractivity contribution in [1.29, 1.82) is 0 Å². The number of methoxy groups -OCH3 is 1. The second-order valence-corrected chi connectivity index (χ2v) is 6.35. The molecule has 0 fully saturated rings. The summed E-state index contributed by atoms with van der Waals surface area (Å²) in [6.45, 7) is 3.95. The lowest BCUT2D eigenvalue weighted by molar-refractivity contribution is -0.116. The van der Waals surface area contributed by atoms with Crippen LogP contribution in [0.25, 0.3) is 0 Å². The van der Waals surface area contributed by atoms with E-state index in [-0.39, 0.29) is 23.5 Å². The van der Waals surface area contributed by atoms with Crippen molar-refractivity contribution in [2.45, 2.75) is 20.3 Å². The summed E-state index contributed by atoms with van der Waals surface area (Å²) in [5.74, 6) is 0.189. The molecule has 0 saturated heterocycles. The molecule has 0 aromatic heterocycles. The molecule has 0 aliphatic carbocycles. The van der Waals surface area contributed by atoms with Crippen LogP contribution in [0.2, 0.25) is 0 Å². The van der Waals surface area contributed by atoms with Crippen LogP contribution in [0.1, 0.15) is 36.2 Å². The summed E-state index contributed by atoms with van der Waals surface area (Å²) in [5, 5.41) is 16.2. The molecule has 7 nitrogen and oxygen atoms in total. The maximum atomic E-state index is 12.1. The zero-order chi connectivity index (χ0) is 19.8. The summed E-state index contributed by atoms with van der Waals surface area (Å²) in [6.07, 6.45) is 1.89. The van der Waals surface area contributed by atoms with Crippen LogP contribution < -0.4 is 15.5 Å². The van der Waals surface area contributed by atoms with Crippen molar-refractivity contribution in [3.8, 4) is 11.5 Å². The van der Waals surface area contributed by atoms with Gasteiger partial charge in [0, 0.05) is 17.7 Å². The fraction of sp³-hybridized carbons (Fsp3) is 0.250. The van der Waals surface area contributed by atoms with E-state index in [0.717, 1.165) is 0 Å². The van der Waals surface area contributed by atoms with E-state index in [1.165, 1.54) is 19.4 Å². The molecular weight excluding hydrogens is 346 g/mol. The molecule has 2 aromatic carbocycles. The van der Waals surface area contributed by atoms with Crippen molar-refractivity contribution in [3.63, 3.8) is 0 Å². The third kappa shape index (κ3) is 6.14. The van der Waals surface area contributed by atoms with Crippen molar-refractivity contribution in [2.24, 2.45) is 11.0 Å². The van der Waals surface area contributed by atoms with E-state index >= 15 is 0 Å². The first-order valence-electron chi connectivity index (χ1n) is 8.49. The maximum Gasteiger partial charge on any atom is 0.271 e. The molecule has 0 unspecified atom stereocenters. The van der Waals surface area contributed by atoms with E-state index in [0.29, 0.717) is 29.0 Å². The average Bonchev–Trinajstić information content (AvgIpc) is 2.62. The molecule has 0 heterocycles. The number of hydrogen-bond donors (Lipinski definition) is 3. The number of hydrazone groups is 1. The highest BCUT2D eigenvalue weighted by Gasteiger charge is 2.07. The number of phenols is 1. The SMILES string of the molecule is COc1cc(C=NNC(=O)c2ccc(NC(=O)CC(C)C)cc2)ccc1O. The van der Waals surface area contributed by atoms with Gasteiger partial charge >= 0.3 is 0 Å². The zero-order valence-corrected chi connectivity index (χ0v) is 15.5. The number of phenolic OH excluding ortho intramolecular Hbond substituents is 1. The Bertz CT molecular complexity index is 830. The molecule has 142 valence electrons. The van der Waals surface area contributed by atoms with Gasteiger partial charge in [-0.2, -0.15) is 5.10 Å². The standard InChI is InChI=1S/C20H23N3O4/c1-13(2)10-19(25)22-16-7-5-15(6-8-16)20(26)23-21-12-14-4-9-17(24)18(11-14)27-3/h4-9,11-13,24H,10H2,1-3H3,(H,22,25)(H,23,26). The lowest BCUT2D eigenvalue weighted by Gasteiger charge is -2.07. The van der Waals surface area contributed by atoms with Gasteiger partial charge in [0.15, 0.2) is 11.5 Å². The van der Waals surface area contributed by atoms with Crippen LogP contribution in [0.3, 0.4) is 0 Å². The molecule has 3 N–H and O–H groups in total. The van der Waals surface area contributed by atoms with E-state index in [4.69, 9.17) is 4.74 Å².